The standard InChI is InChI=1S/C14H19NO3S/c1-10-7-19-8-11(10)12(16)15-9-14(13(17)18)5-3-2-4-6-14/h7-8H,2-6,9H2,1H3,(H,15,16)(H,17,18). The Morgan fingerprint density at radius 1 is 1.32 bits per heavy atom. The fourth-order valence-electron chi connectivity index (χ4n) is 2.63. The molecule has 1 amide bonds. The molecule has 1 heterocycles. The van der Waals surface area contributed by atoms with Crippen LogP contribution < -0.4 is 5.32 Å². The summed E-state index contributed by atoms with van der Waals surface area (Å²) in [7, 11) is 0. The maximum absolute atomic E-state index is 12.0. The van der Waals surface area contributed by atoms with Gasteiger partial charge >= 0.3 is 5.97 Å². The average Bonchev–Trinajstić information content (AvgIpc) is 2.83. The number of amides is 1. The van der Waals surface area contributed by atoms with Crippen molar-refractivity contribution in [2.45, 2.75) is 39.0 Å². The summed E-state index contributed by atoms with van der Waals surface area (Å²) in [6, 6.07) is 0. The van der Waals surface area contributed by atoms with E-state index in [1.165, 1.54) is 11.3 Å². The largest absolute Gasteiger partial charge is 0.481 e. The topological polar surface area (TPSA) is 66.4 Å². The van der Waals surface area contributed by atoms with Gasteiger partial charge in [-0.25, -0.2) is 0 Å². The lowest BCUT2D eigenvalue weighted by Gasteiger charge is -2.33. The highest BCUT2D eigenvalue weighted by molar-refractivity contribution is 7.08. The second-order valence-corrected chi connectivity index (χ2v) is 6.04. The molecule has 1 aliphatic carbocycles. The van der Waals surface area contributed by atoms with Crippen molar-refractivity contribution in [3.63, 3.8) is 0 Å². The maximum Gasteiger partial charge on any atom is 0.311 e. The molecule has 5 heteroatoms. The Balaban J connectivity index is 2.02. The van der Waals surface area contributed by atoms with Crippen molar-refractivity contribution < 1.29 is 14.7 Å². The van der Waals surface area contributed by atoms with Gasteiger partial charge in [-0.15, -0.1) is 0 Å². The number of carboxylic acid groups (broad SMARTS) is 1. The van der Waals surface area contributed by atoms with Gasteiger partial charge in [0, 0.05) is 11.9 Å². The van der Waals surface area contributed by atoms with E-state index in [9.17, 15) is 14.7 Å². The zero-order chi connectivity index (χ0) is 13.9. The first-order valence-corrected chi connectivity index (χ1v) is 7.54. The van der Waals surface area contributed by atoms with Crippen molar-refractivity contribution in [3.05, 3.63) is 21.9 Å². The van der Waals surface area contributed by atoms with Gasteiger partial charge in [0.2, 0.25) is 0 Å². The van der Waals surface area contributed by atoms with E-state index in [1.54, 1.807) is 5.38 Å². The smallest absolute Gasteiger partial charge is 0.311 e. The summed E-state index contributed by atoms with van der Waals surface area (Å²) in [5.74, 6) is -0.945. The summed E-state index contributed by atoms with van der Waals surface area (Å²) in [6.45, 7) is 2.12. The molecule has 2 rings (SSSR count). The number of carbonyl (C=O) groups is 2. The summed E-state index contributed by atoms with van der Waals surface area (Å²) in [4.78, 5) is 23.5. The average molecular weight is 281 g/mol. The van der Waals surface area contributed by atoms with E-state index in [0.29, 0.717) is 18.4 Å². The van der Waals surface area contributed by atoms with E-state index in [1.807, 2.05) is 12.3 Å². The Morgan fingerprint density at radius 3 is 2.53 bits per heavy atom. The zero-order valence-corrected chi connectivity index (χ0v) is 11.9. The third kappa shape index (κ3) is 2.97. The molecule has 2 N–H and O–H groups in total. The molecular weight excluding hydrogens is 262 g/mol. The van der Waals surface area contributed by atoms with Crippen LogP contribution in [0.1, 0.15) is 48.0 Å². The minimum atomic E-state index is -0.783. The van der Waals surface area contributed by atoms with Crippen molar-refractivity contribution in [1.82, 2.24) is 5.32 Å². The van der Waals surface area contributed by atoms with Crippen LogP contribution in [0.4, 0.5) is 0 Å². The van der Waals surface area contributed by atoms with E-state index in [-0.39, 0.29) is 12.5 Å². The van der Waals surface area contributed by atoms with E-state index < -0.39 is 11.4 Å². The number of hydrogen-bond acceptors (Lipinski definition) is 3. The Bertz CT molecular complexity index is 475. The van der Waals surface area contributed by atoms with Gasteiger partial charge < -0.3 is 10.4 Å². The highest BCUT2D eigenvalue weighted by Gasteiger charge is 2.39. The number of carbonyl (C=O) groups excluding carboxylic acids is 1. The van der Waals surface area contributed by atoms with Crippen molar-refractivity contribution >= 4 is 23.2 Å². The van der Waals surface area contributed by atoms with Crippen molar-refractivity contribution in [2.24, 2.45) is 5.41 Å². The van der Waals surface area contributed by atoms with Gasteiger partial charge in [-0.1, -0.05) is 19.3 Å². The molecule has 0 aliphatic heterocycles. The lowest BCUT2D eigenvalue weighted by molar-refractivity contribution is -0.150. The first-order chi connectivity index (χ1) is 9.05. The normalized spacial score (nSPS) is 17.9. The Morgan fingerprint density at radius 2 is 2.00 bits per heavy atom. The molecule has 104 valence electrons. The van der Waals surface area contributed by atoms with E-state index in [0.717, 1.165) is 24.8 Å². The highest BCUT2D eigenvalue weighted by atomic mass is 32.1. The SMILES string of the molecule is Cc1cscc1C(=O)NCC1(C(=O)O)CCCCC1. The Kier molecular flexibility index (Phi) is 4.24. The van der Waals surface area contributed by atoms with Crippen molar-refractivity contribution in [2.75, 3.05) is 6.54 Å². The number of thiophene rings is 1. The van der Waals surface area contributed by atoms with Gasteiger partial charge in [-0.3, -0.25) is 9.59 Å². The van der Waals surface area contributed by atoms with Gasteiger partial charge in [0.1, 0.15) is 0 Å². The minimum Gasteiger partial charge on any atom is -0.481 e. The van der Waals surface area contributed by atoms with Gasteiger partial charge in [0.15, 0.2) is 0 Å². The summed E-state index contributed by atoms with van der Waals surface area (Å²) in [5.41, 5.74) is 0.828. The first-order valence-electron chi connectivity index (χ1n) is 6.59. The van der Waals surface area contributed by atoms with Crippen LogP contribution in [0.25, 0.3) is 0 Å². The third-order valence-corrected chi connectivity index (χ3v) is 4.81. The molecule has 1 aromatic heterocycles. The number of aryl methyl sites for hydroxylation is 1. The molecule has 1 fully saturated rings. The summed E-state index contributed by atoms with van der Waals surface area (Å²) in [5, 5.41) is 16.0. The maximum atomic E-state index is 12.0. The second kappa shape index (κ2) is 5.74. The van der Waals surface area contributed by atoms with E-state index in [4.69, 9.17) is 0 Å². The molecule has 0 aromatic carbocycles. The minimum absolute atomic E-state index is 0.162. The zero-order valence-electron chi connectivity index (χ0n) is 11.1. The van der Waals surface area contributed by atoms with Crippen LogP contribution >= 0.6 is 11.3 Å². The van der Waals surface area contributed by atoms with Gasteiger partial charge in [0.25, 0.3) is 5.91 Å². The number of rotatable bonds is 4. The number of hydrogen-bond donors (Lipinski definition) is 2. The predicted octanol–water partition coefficient (Wildman–Crippen LogP) is 2.82. The molecule has 0 bridgehead atoms. The van der Waals surface area contributed by atoms with E-state index in [2.05, 4.69) is 5.32 Å². The highest BCUT2D eigenvalue weighted by Crippen LogP contribution is 2.36. The molecule has 4 nitrogen and oxygen atoms in total. The van der Waals surface area contributed by atoms with Crippen molar-refractivity contribution in [1.29, 1.82) is 0 Å². The van der Waals surface area contributed by atoms with E-state index >= 15 is 0 Å². The molecule has 0 radical (unpaired) electrons. The molecule has 1 aromatic rings. The number of carboxylic acids is 1. The lowest BCUT2D eigenvalue weighted by atomic mass is 9.74. The van der Waals surface area contributed by atoms with Crippen molar-refractivity contribution in [3.8, 4) is 0 Å². The Hall–Kier alpha value is -1.36. The predicted molar refractivity (Wildman–Crippen MR) is 74.5 cm³/mol. The lowest BCUT2D eigenvalue weighted by Crippen LogP contribution is -2.44. The first kappa shape index (κ1) is 14.1. The van der Waals surface area contributed by atoms with Crippen LogP contribution in [0.2, 0.25) is 0 Å². The quantitative estimate of drug-likeness (QED) is 0.891. The second-order valence-electron chi connectivity index (χ2n) is 5.30. The van der Waals surface area contributed by atoms with Gasteiger partial charge in [-0.2, -0.15) is 11.3 Å². The van der Waals surface area contributed by atoms with Crippen LogP contribution in [0.5, 0.6) is 0 Å². The molecule has 1 aliphatic rings. The fraction of sp³-hybridized carbons (Fsp3) is 0.571. The molecule has 0 unspecified atom stereocenters. The summed E-state index contributed by atoms with van der Waals surface area (Å²) < 4.78 is 0. The fourth-order valence-corrected chi connectivity index (χ4v) is 3.46. The molecule has 0 saturated heterocycles. The van der Waals surface area contributed by atoms with Crippen LogP contribution in [-0.2, 0) is 4.79 Å². The summed E-state index contributed by atoms with van der Waals surface area (Å²) >= 11 is 1.48. The van der Waals surface area contributed by atoms with Crippen LogP contribution in [0, 0.1) is 12.3 Å². The molecular formula is C14H19NO3S. The van der Waals surface area contributed by atoms with Crippen LogP contribution in [-0.4, -0.2) is 23.5 Å². The summed E-state index contributed by atoms with van der Waals surface area (Å²) in [6.07, 6.45) is 4.27. The molecule has 1 saturated carbocycles. The molecule has 0 atom stereocenters. The number of aliphatic carboxylic acids is 1. The van der Waals surface area contributed by atoms with Crippen LogP contribution in [0.15, 0.2) is 10.8 Å². The number of nitrogens with one attached hydrogen (secondary N) is 1. The van der Waals surface area contributed by atoms with Crippen LogP contribution in [0.3, 0.4) is 0 Å². The molecule has 0 spiro atoms. The Labute approximate surface area is 116 Å². The third-order valence-electron chi connectivity index (χ3n) is 3.95. The van der Waals surface area contributed by atoms with Gasteiger partial charge in [0.05, 0.1) is 11.0 Å². The van der Waals surface area contributed by atoms with Gasteiger partial charge in [-0.05, 0) is 30.7 Å². The monoisotopic (exact) mass is 281 g/mol. The molecule has 19 heavy (non-hydrogen) atoms.